The number of nitrogens with one attached hydrogen (secondary N) is 2. The Labute approximate surface area is 190 Å². The van der Waals surface area contributed by atoms with Gasteiger partial charge in [0.1, 0.15) is 10.7 Å². The lowest BCUT2D eigenvalue weighted by atomic mass is 9.86. The number of halogens is 1. The van der Waals surface area contributed by atoms with Crippen LogP contribution in [0.3, 0.4) is 0 Å². The normalized spacial score (nSPS) is 15.4. The minimum atomic E-state index is -0.467. The van der Waals surface area contributed by atoms with Crippen molar-refractivity contribution in [2.45, 2.75) is 46.5 Å². The lowest BCUT2D eigenvalue weighted by Crippen LogP contribution is -2.35. The fourth-order valence-corrected chi connectivity index (χ4v) is 5.55. The zero-order valence-electron chi connectivity index (χ0n) is 17.4. The lowest BCUT2D eigenvalue weighted by molar-refractivity contribution is 0.0526. The number of nitrogens with zero attached hydrogens (tertiary/aromatic N) is 2. The molecule has 3 rings (SSSR count). The van der Waals surface area contributed by atoms with Gasteiger partial charge in [-0.2, -0.15) is 5.10 Å². The van der Waals surface area contributed by atoms with Crippen LogP contribution in [0.25, 0.3) is 0 Å². The van der Waals surface area contributed by atoms with Crippen molar-refractivity contribution in [3.05, 3.63) is 32.4 Å². The van der Waals surface area contributed by atoms with Crippen LogP contribution in [0.4, 0.5) is 5.00 Å². The Hall–Kier alpha value is -1.97. The van der Waals surface area contributed by atoms with Gasteiger partial charge in [0.2, 0.25) is 0 Å². The van der Waals surface area contributed by atoms with Gasteiger partial charge in [0.15, 0.2) is 5.11 Å². The molecular weight excluding hydrogens is 444 g/mol. The monoisotopic (exact) mass is 468 g/mol. The van der Waals surface area contributed by atoms with Gasteiger partial charge in [0.25, 0.3) is 5.91 Å². The van der Waals surface area contributed by atoms with Gasteiger partial charge in [-0.15, -0.1) is 11.3 Å². The summed E-state index contributed by atoms with van der Waals surface area (Å²) in [5.41, 5.74) is 2.34. The molecule has 0 bridgehead atoms. The zero-order valence-corrected chi connectivity index (χ0v) is 19.8. The molecule has 0 saturated carbocycles. The van der Waals surface area contributed by atoms with Crippen molar-refractivity contribution >= 4 is 57.1 Å². The number of anilines is 1. The minimum Gasteiger partial charge on any atom is -0.462 e. The van der Waals surface area contributed by atoms with Gasteiger partial charge in [-0.05, 0) is 56.8 Å². The average molecular weight is 469 g/mol. The molecule has 7 nitrogen and oxygen atoms in total. The molecule has 0 fully saturated rings. The Morgan fingerprint density at radius 1 is 1.40 bits per heavy atom. The van der Waals surface area contributed by atoms with Gasteiger partial charge in [-0.25, -0.2) is 4.79 Å². The number of carbonyl (C=O) groups excluding carboxylic acids is 2. The third-order valence-electron chi connectivity index (χ3n) is 5.24. The van der Waals surface area contributed by atoms with E-state index in [9.17, 15) is 9.59 Å². The Kier molecular flexibility index (Phi) is 7.15. The van der Waals surface area contributed by atoms with Gasteiger partial charge >= 0.3 is 5.97 Å². The first-order chi connectivity index (χ1) is 14.3. The van der Waals surface area contributed by atoms with E-state index >= 15 is 0 Å². The van der Waals surface area contributed by atoms with Gasteiger partial charge in [0.05, 0.1) is 22.9 Å². The number of hydrogen-bond acceptors (Lipinski definition) is 6. The summed E-state index contributed by atoms with van der Waals surface area (Å²) in [7, 11) is 1.64. The fourth-order valence-electron chi connectivity index (χ4n) is 3.69. The maximum atomic E-state index is 12.7. The quantitative estimate of drug-likeness (QED) is 0.503. The highest BCUT2D eigenvalue weighted by Crippen LogP contribution is 2.40. The highest BCUT2D eigenvalue weighted by Gasteiger charge is 2.30. The first-order valence-electron chi connectivity index (χ1n) is 9.89. The fraction of sp³-hybridized carbons (Fsp3) is 0.500. The summed E-state index contributed by atoms with van der Waals surface area (Å²) in [6, 6.07) is 0. The number of hydrogen-bond donors (Lipinski definition) is 2. The van der Waals surface area contributed by atoms with Crippen molar-refractivity contribution in [3.8, 4) is 0 Å². The third kappa shape index (κ3) is 4.53. The number of carbonyl (C=O) groups is 2. The number of fused-ring (bicyclic) bond motifs is 1. The van der Waals surface area contributed by atoms with Crippen LogP contribution in [0.1, 0.15) is 63.7 Å². The van der Waals surface area contributed by atoms with E-state index in [1.165, 1.54) is 20.9 Å². The van der Waals surface area contributed by atoms with Gasteiger partial charge < -0.3 is 10.1 Å². The van der Waals surface area contributed by atoms with E-state index in [2.05, 4.69) is 22.7 Å². The van der Waals surface area contributed by atoms with Crippen molar-refractivity contribution in [3.63, 3.8) is 0 Å². The van der Waals surface area contributed by atoms with Crippen LogP contribution in [0.5, 0.6) is 0 Å². The van der Waals surface area contributed by atoms with Crippen LogP contribution < -0.4 is 10.6 Å². The van der Waals surface area contributed by atoms with E-state index in [-0.39, 0.29) is 21.8 Å². The van der Waals surface area contributed by atoms with Gasteiger partial charge in [-0.1, -0.05) is 24.9 Å². The van der Waals surface area contributed by atoms with E-state index < -0.39 is 5.91 Å². The number of amides is 1. The second-order valence-corrected chi connectivity index (χ2v) is 9.12. The molecule has 162 valence electrons. The summed E-state index contributed by atoms with van der Waals surface area (Å²) in [5, 5.41) is 10.8. The van der Waals surface area contributed by atoms with E-state index in [0.717, 1.165) is 31.2 Å². The first kappa shape index (κ1) is 22.7. The Bertz CT molecular complexity index is 999. The summed E-state index contributed by atoms with van der Waals surface area (Å²) >= 11 is 13.0. The smallest absolute Gasteiger partial charge is 0.341 e. The summed E-state index contributed by atoms with van der Waals surface area (Å²) in [6.45, 7) is 5.98. The van der Waals surface area contributed by atoms with Crippen molar-refractivity contribution in [2.75, 3.05) is 11.9 Å². The number of aryl methyl sites for hydroxylation is 2. The largest absolute Gasteiger partial charge is 0.462 e. The van der Waals surface area contributed by atoms with Crippen LogP contribution in [0.2, 0.25) is 5.02 Å². The summed E-state index contributed by atoms with van der Waals surface area (Å²) < 4.78 is 6.69. The standard InChI is InChI=1S/C20H25ClN4O3S2/c1-5-11-7-8-12-13(9-11)30-18(14(12)19(27)28-6-2)23-20(29)22-17(26)16-15(21)10(3)24-25(16)4/h11H,5-9H2,1-4H3,(H2,22,23,26,29)/t11-/m0/s1. The number of ether oxygens (including phenoxy) is 1. The van der Waals surface area contributed by atoms with Gasteiger partial charge in [-0.3, -0.25) is 14.8 Å². The first-order valence-corrected chi connectivity index (χ1v) is 11.5. The Morgan fingerprint density at radius 3 is 2.73 bits per heavy atom. The predicted octanol–water partition coefficient (Wildman–Crippen LogP) is 4.26. The molecule has 30 heavy (non-hydrogen) atoms. The van der Waals surface area contributed by atoms with E-state index in [4.69, 9.17) is 28.6 Å². The van der Waals surface area contributed by atoms with Gasteiger partial charge in [0, 0.05) is 11.9 Å². The summed E-state index contributed by atoms with van der Waals surface area (Å²) in [5.74, 6) is -0.224. The van der Waals surface area contributed by atoms with Crippen LogP contribution in [-0.4, -0.2) is 33.4 Å². The van der Waals surface area contributed by atoms with Crippen molar-refractivity contribution < 1.29 is 14.3 Å². The molecule has 2 aromatic heterocycles. The van der Waals surface area contributed by atoms with Crippen LogP contribution in [0, 0.1) is 12.8 Å². The molecule has 0 radical (unpaired) electrons. The van der Waals surface area contributed by atoms with E-state index in [1.54, 1.807) is 20.9 Å². The molecular formula is C20H25ClN4O3S2. The third-order valence-corrected chi connectivity index (χ3v) is 7.07. The molecule has 0 unspecified atom stereocenters. The van der Waals surface area contributed by atoms with Crippen molar-refractivity contribution in [2.24, 2.45) is 13.0 Å². The SMILES string of the molecule is CCOC(=O)c1c(NC(=S)NC(=O)c2c(Cl)c(C)nn2C)sc2c1CC[C@H](CC)C2. The Balaban J connectivity index is 1.83. The van der Waals surface area contributed by atoms with Crippen LogP contribution in [-0.2, 0) is 24.6 Å². The molecule has 0 spiro atoms. The lowest BCUT2D eigenvalue weighted by Gasteiger charge is -2.21. The van der Waals surface area contributed by atoms with E-state index in [1.807, 2.05) is 0 Å². The highest BCUT2D eigenvalue weighted by atomic mass is 35.5. The molecule has 1 amide bonds. The molecule has 0 aromatic carbocycles. The molecule has 2 aromatic rings. The van der Waals surface area contributed by atoms with Crippen LogP contribution in [0.15, 0.2) is 0 Å². The number of thiocarbonyl (C=S) groups is 1. The molecule has 1 aliphatic carbocycles. The topological polar surface area (TPSA) is 85.2 Å². The molecule has 1 aliphatic rings. The Morgan fingerprint density at radius 2 is 2.13 bits per heavy atom. The summed E-state index contributed by atoms with van der Waals surface area (Å²) in [6.07, 6.45) is 3.93. The molecule has 1 atom stereocenters. The maximum Gasteiger partial charge on any atom is 0.341 e. The van der Waals surface area contributed by atoms with Crippen molar-refractivity contribution in [1.82, 2.24) is 15.1 Å². The number of aromatic nitrogens is 2. The minimum absolute atomic E-state index is 0.0890. The number of thiophene rings is 1. The number of rotatable bonds is 5. The molecule has 10 heteroatoms. The maximum absolute atomic E-state index is 12.7. The molecule has 0 saturated heterocycles. The predicted molar refractivity (Wildman–Crippen MR) is 123 cm³/mol. The van der Waals surface area contributed by atoms with Crippen molar-refractivity contribution in [1.29, 1.82) is 0 Å². The zero-order chi connectivity index (χ0) is 22.0. The summed E-state index contributed by atoms with van der Waals surface area (Å²) in [4.78, 5) is 26.5. The molecule has 0 aliphatic heterocycles. The second-order valence-electron chi connectivity index (χ2n) is 7.23. The second kappa shape index (κ2) is 9.45. The number of esters is 1. The van der Waals surface area contributed by atoms with Crippen LogP contribution >= 0.6 is 35.2 Å². The van der Waals surface area contributed by atoms with E-state index in [0.29, 0.717) is 28.8 Å². The molecule has 2 heterocycles. The average Bonchev–Trinajstić information content (AvgIpc) is 3.16. The molecule has 2 N–H and O–H groups in total. The highest BCUT2D eigenvalue weighted by molar-refractivity contribution is 7.80.